The second-order valence-electron chi connectivity index (χ2n) is 5.05. The smallest absolute Gasteiger partial charge is 0.257 e. The molecule has 0 saturated heterocycles. The van der Waals surface area contributed by atoms with Gasteiger partial charge in [-0.3, -0.25) is 4.79 Å². The standard InChI is InChI=1S/C16H22N2OS/c1-4-16(5-2,20-3)11-17-14-10-12-8-6-7-9-13(12)15(19)18-14/h6-10H,4-5,11H2,1-3H3,(H2,17,18,19). The van der Waals surface area contributed by atoms with Crippen molar-refractivity contribution >= 4 is 28.4 Å². The van der Waals surface area contributed by atoms with Crippen LogP contribution in [0.1, 0.15) is 26.7 Å². The zero-order valence-electron chi connectivity index (χ0n) is 12.3. The molecular weight excluding hydrogens is 268 g/mol. The van der Waals surface area contributed by atoms with E-state index >= 15 is 0 Å². The molecule has 0 amide bonds. The van der Waals surface area contributed by atoms with Crippen LogP contribution in [0.5, 0.6) is 0 Å². The van der Waals surface area contributed by atoms with Crippen LogP contribution in [0.15, 0.2) is 35.1 Å². The molecule has 2 N–H and O–H groups in total. The van der Waals surface area contributed by atoms with Crippen molar-refractivity contribution in [1.82, 2.24) is 4.98 Å². The molecule has 3 nitrogen and oxygen atoms in total. The Morgan fingerprint density at radius 1 is 1.25 bits per heavy atom. The molecule has 0 atom stereocenters. The number of fused-ring (bicyclic) bond motifs is 1. The molecule has 0 aliphatic carbocycles. The maximum Gasteiger partial charge on any atom is 0.257 e. The summed E-state index contributed by atoms with van der Waals surface area (Å²) in [6.07, 6.45) is 4.36. The molecule has 108 valence electrons. The van der Waals surface area contributed by atoms with Crippen molar-refractivity contribution in [3.8, 4) is 0 Å². The van der Waals surface area contributed by atoms with Crippen LogP contribution in [-0.4, -0.2) is 22.5 Å². The second-order valence-corrected chi connectivity index (χ2v) is 6.32. The van der Waals surface area contributed by atoms with E-state index in [0.717, 1.165) is 36.0 Å². The van der Waals surface area contributed by atoms with E-state index in [1.54, 1.807) is 0 Å². The fraction of sp³-hybridized carbons (Fsp3) is 0.438. The van der Waals surface area contributed by atoms with Crippen molar-refractivity contribution in [2.75, 3.05) is 18.1 Å². The molecule has 0 aliphatic heterocycles. The van der Waals surface area contributed by atoms with Gasteiger partial charge in [0.25, 0.3) is 5.56 Å². The summed E-state index contributed by atoms with van der Waals surface area (Å²) in [5.74, 6) is 0.800. The quantitative estimate of drug-likeness (QED) is 0.849. The van der Waals surface area contributed by atoms with E-state index in [0.29, 0.717) is 0 Å². The number of anilines is 1. The third-order valence-electron chi connectivity index (χ3n) is 4.08. The normalized spacial score (nSPS) is 11.8. The van der Waals surface area contributed by atoms with Gasteiger partial charge in [0.2, 0.25) is 0 Å². The zero-order valence-corrected chi connectivity index (χ0v) is 13.1. The lowest BCUT2D eigenvalue weighted by atomic mass is 10.0. The zero-order chi connectivity index (χ0) is 14.6. The minimum absolute atomic E-state index is 0.0339. The fourth-order valence-electron chi connectivity index (χ4n) is 2.42. The van der Waals surface area contributed by atoms with Crippen LogP contribution >= 0.6 is 11.8 Å². The van der Waals surface area contributed by atoms with Crippen molar-refractivity contribution in [3.63, 3.8) is 0 Å². The Morgan fingerprint density at radius 3 is 2.60 bits per heavy atom. The highest BCUT2D eigenvalue weighted by molar-refractivity contribution is 8.00. The van der Waals surface area contributed by atoms with Crippen molar-refractivity contribution in [1.29, 1.82) is 0 Å². The van der Waals surface area contributed by atoms with E-state index in [9.17, 15) is 4.79 Å². The number of thioether (sulfide) groups is 1. The second kappa shape index (κ2) is 6.35. The Labute approximate surface area is 124 Å². The van der Waals surface area contributed by atoms with Crippen LogP contribution in [0.4, 0.5) is 5.82 Å². The van der Waals surface area contributed by atoms with Gasteiger partial charge in [0.05, 0.1) is 0 Å². The number of hydrogen-bond donors (Lipinski definition) is 2. The molecule has 2 rings (SSSR count). The first-order valence-electron chi connectivity index (χ1n) is 7.05. The van der Waals surface area contributed by atoms with Crippen molar-refractivity contribution in [3.05, 3.63) is 40.7 Å². The number of benzene rings is 1. The summed E-state index contributed by atoms with van der Waals surface area (Å²) in [6, 6.07) is 9.67. The van der Waals surface area contributed by atoms with Crippen LogP contribution in [0, 0.1) is 0 Å². The topological polar surface area (TPSA) is 44.9 Å². The predicted octanol–water partition coefficient (Wildman–Crippen LogP) is 3.86. The molecule has 1 aromatic heterocycles. The average Bonchev–Trinajstić information content (AvgIpc) is 2.49. The van der Waals surface area contributed by atoms with Gasteiger partial charge in [0.1, 0.15) is 5.82 Å². The van der Waals surface area contributed by atoms with Crippen LogP contribution in [0.2, 0.25) is 0 Å². The van der Waals surface area contributed by atoms with Crippen LogP contribution in [0.25, 0.3) is 10.8 Å². The highest BCUT2D eigenvalue weighted by Crippen LogP contribution is 2.30. The molecule has 2 aromatic rings. The summed E-state index contributed by atoms with van der Waals surface area (Å²) >= 11 is 1.89. The number of H-pyrrole nitrogens is 1. The third kappa shape index (κ3) is 3.01. The molecule has 0 fully saturated rings. The summed E-state index contributed by atoms with van der Waals surface area (Å²) in [4.78, 5) is 15.0. The average molecular weight is 290 g/mol. The van der Waals surface area contributed by atoms with Crippen molar-refractivity contribution < 1.29 is 0 Å². The van der Waals surface area contributed by atoms with Gasteiger partial charge < -0.3 is 10.3 Å². The predicted molar refractivity (Wildman–Crippen MR) is 89.9 cm³/mol. The van der Waals surface area contributed by atoms with Gasteiger partial charge in [-0.25, -0.2) is 0 Å². The number of rotatable bonds is 6. The molecule has 0 aliphatic rings. The van der Waals surface area contributed by atoms with Gasteiger partial charge in [0.15, 0.2) is 0 Å². The van der Waals surface area contributed by atoms with Gasteiger partial charge in [-0.1, -0.05) is 32.0 Å². The summed E-state index contributed by atoms with van der Waals surface area (Å²) in [7, 11) is 0. The fourth-order valence-corrected chi connectivity index (χ4v) is 3.22. The highest BCUT2D eigenvalue weighted by Gasteiger charge is 2.24. The first kappa shape index (κ1) is 15.0. The Balaban J connectivity index is 2.24. The van der Waals surface area contributed by atoms with Crippen LogP contribution in [0.3, 0.4) is 0 Å². The molecule has 4 heteroatoms. The molecule has 1 aromatic carbocycles. The lowest BCUT2D eigenvalue weighted by Crippen LogP contribution is -2.32. The molecule has 20 heavy (non-hydrogen) atoms. The maximum absolute atomic E-state index is 12.0. The van der Waals surface area contributed by atoms with Gasteiger partial charge in [-0.2, -0.15) is 11.8 Å². The van der Waals surface area contributed by atoms with Gasteiger partial charge in [0, 0.05) is 16.7 Å². The molecule has 0 saturated carbocycles. The first-order chi connectivity index (χ1) is 9.64. The van der Waals surface area contributed by atoms with Crippen LogP contribution < -0.4 is 10.9 Å². The van der Waals surface area contributed by atoms with Gasteiger partial charge >= 0.3 is 0 Å². The molecule has 1 heterocycles. The largest absolute Gasteiger partial charge is 0.370 e. The van der Waals surface area contributed by atoms with E-state index in [1.807, 2.05) is 42.1 Å². The van der Waals surface area contributed by atoms with E-state index in [2.05, 4.69) is 30.4 Å². The number of aromatic nitrogens is 1. The van der Waals surface area contributed by atoms with E-state index < -0.39 is 0 Å². The summed E-state index contributed by atoms with van der Waals surface area (Å²) < 4.78 is 0.225. The number of pyridine rings is 1. The Kier molecular flexibility index (Phi) is 4.76. The lowest BCUT2D eigenvalue weighted by molar-refractivity contribution is 0.574. The summed E-state index contributed by atoms with van der Waals surface area (Å²) in [6.45, 7) is 5.28. The maximum atomic E-state index is 12.0. The molecule has 0 radical (unpaired) electrons. The van der Waals surface area contributed by atoms with E-state index in [-0.39, 0.29) is 10.3 Å². The van der Waals surface area contributed by atoms with E-state index in [4.69, 9.17) is 0 Å². The van der Waals surface area contributed by atoms with Crippen LogP contribution in [-0.2, 0) is 0 Å². The number of hydrogen-bond acceptors (Lipinski definition) is 3. The van der Waals surface area contributed by atoms with Crippen molar-refractivity contribution in [2.24, 2.45) is 0 Å². The van der Waals surface area contributed by atoms with Crippen molar-refractivity contribution in [2.45, 2.75) is 31.4 Å². The summed E-state index contributed by atoms with van der Waals surface area (Å²) in [5.41, 5.74) is -0.0339. The first-order valence-corrected chi connectivity index (χ1v) is 8.27. The molecule has 0 unspecified atom stereocenters. The minimum Gasteiger partial charge on any atom is -0.370 e. The molecule has 0 spiro atoms. The monoisotopic (exact) mass is 290 g/mol. The van der Waals surface area contributed by atoms with E-state index in [1.165, 1.54) is 0 Å². The lowest BCUT2D eigenvalue weighted by Gasteiger charge is -2.30. The number of aromatic amines is 1. The molecule has 0 bridgehead atoms. The Morgan fingerprint density at radius 2 is 1.95 bits per heavy atom. The van der Waals surface area contributed by atoms with Gasteiger partial charge in [-0.15, -0.1) is 0 Å². The Bertz CT molecular complexity index is 623. The Hall–Kier alpha value is -1.42. The SMILES string of the molecule is CCC(CC)(CNc1cc2ccccc2c(=O)[nH]1)SC. The van der Waals surface area contributed by atoms with Gasteiger partial charge in [-0.05, 0) is 36.6 Å². The summed E-state index contributed by atoms with van der Waals surface area (Å²) in [5, 5.41) is 5.10. The third-order valence-corrected chi connectivity index (χ3v) is 5.66. The highest BCUT2D eigenvalue weighted by atomic mass is 32.2. The number of nitrogens with one attached hydrogen (secondary N) is 2. The molecular formula is C16H22N2OS. The minimum atomic E-state index is -0.0339.